The minimum absolute atomic E-state index is 0.0525. The molecule has 1 atom stereocenters. The summed E-state index contributed by atoms with van der Waals surface area (Å²) in [5, 5.41) is 9.31. The molecule has 0 aliphatic rings. The lowest BCUT2D eigenvalue weighted by molar-refractivity contribution is 0.0302. The Morgan fingerprint density at radius 1 is 0.741 bits per heavy atom. The van der Waals surface area contributed by atoms with Gasteiger partial charge in [-0.15, -0.1) is 0 Å². The summed E-state index contributed by atoms with van der Waals surface area (Å²) < 4.78 is 5.70. The summed E-state index contributed by atoms with van der Waals surface area (Å²) in [6.07, 6.45) is -0.482. The summed E-state index contributed by atoms with van der Waals surface area (Å²) in [5.41, 5.74) is 2.04. The molecule has 3 rings (SSSR count). The molecule has 0 spiro atoms. The fraction of sp³-hybridized carbons (Fsp3) is 0.130. The zero-order chi connectivity index (χ0) is 19.2. The van der Waals surface area contributed by atoms with E-state index in [1.165, 1.54) is 12.1 Å². The Morgan fingerprint density at radius 2 is 1.19 bits per heavy atom. The first-order valence-electron chi connectivity index (χ1n) is 8.71. The largest absolute Gasteiger partial charge is 0.478 e. The second-order valence-electron chi connectivity index (χ2n) is 6.26. The average Bonchev–Trinajstić information content (AvgIpc) is 2.69. The summed E-state index contributed by atoms with van der Waals surface area (Å²) in [6, 6.07) is 25.7. The summed E-state index contributed by atoms with van der Waals surface area (Å²) >= 11 is 0. The van der Waals surface area contributed by atoms with Crippen LogP contribution in [0.5, 0.6) is 0 Å². The van der Waals surface area contributed by atoms with Gasteiger partial charge in [0.1, 0.15) is 6.10 Å². The highest BCUT2D eigenvalue weighted by Crippen LogP contribution is 2.30. The zero-order valence-electron chi connectivity index (χ0n) is 14.9. The number of rotatable bonds is 6. The minimum Gasteiger partial charge on any atom is -0.478 e. The Morgan fingerprint density at radius 3 is 1.67 bits per heavy atom. The summed E-state index contributed by atoms with van der Waals surface area (Å²) in [6.45, 7) is 1.83. The lowest BCUT2D eigenvalue weighted by Crippen LogP contribution is -2.24. The number of hydrogen-bond acceptors (Lipinski definition) is 3. The fourth-order valence-corrected chi connectivity index (χ4v) is 3.20. The highest BCUT2D eigenvalue weighted by Gasteiger charge is 2.26. The second-order valence-corrected chi connectivity index (χ2v) is 6.26. The van der Waals surface area contributed by atoms with E-state index in [-0.39, 0.29) is 17.0 Å². The molecule has 0 aromatic heterocycles. The quantitative estimate of drug-likeness (QED) is 0.644. The highest BCUT2D eigenvalue weighted by molar-refractivity contribution is 6.02. The number of carboxylic acid groups (broad SMARTS) is 1. The van der Waals surface area contributed by atoms with Gasteiger partial charge in [-0.3, -0.25) is 0 Å². The van der Waals surface area contributed by atoms with E-state index < -0.39 is 18.0 Å². The number of hydrogen-bond donors (Lipinski definition) is 1. The molecular weight excluding hydrogens is 340 g/mol. The van der Waals surface area contributed by atoms with Gasteiger partial charge in [-0.2, -0.15) is 0 Å². The number of esters is 1. The monoisotopic (exact) mass is 360 g/mol. The van der Waals surface area contributed by atoms with Gasteiger partial charge in [0.05, 0.1) is 11.1 Å². The van der Waals surface area contributed by atoms with Crippen LogP contribution in [0.1, 0.15) is 44.7 Å². The smallest absolute Gasteiger partial charge is 0.339 e. The number of ether oxygens (including phenoxy) is 1. The first-order chi connectivity index (χ1) is 13.1. The van der Waals surface area contributed by atoms with Crippen molar-refractivity contribution in [3.8, 4) is 0 Å². The van der Waals surface area contributed by atoms with Crippen LogP contribution in [0.15, 0.2) is 84.9 Å². The predicted molar refractivity (Wildman–Crippen MR) is 103 cm³/mol. The molecule has 1 unspecified atom stereocenters. The first kappa shape index (κ1) is 18.4. The van der Waals surface area contributed by atoms with Crippen molar-refractivity contribution >= 4 is 11.9 Å². The van der Waals surface area contributed by atoms with E-state index >= 15 is 0 Å². The molecule has 4 heteroatoms. The molecule has 0 aliphatic carbocycles. The average molecular weight is 360 g/mol. The van der Waals surface area contributed by atoms with Crippen molar-refractivity contribution in [2.75, 3.05) is 0 Å². The maximum absolute atomic E-state index is 12.7. The molecule has 1 N–H and O–H groups in total. The van der Waals surface area contributed by atoms with Crippen LogP contribution in [0.4, 0.5) is 0 Å². The van der Waals surface area contributed by atoms with Crippen LogP contribution in [-0.2, 0) is 4.74 Å². The van der Waals surface area contributed by atoms with Gasteiger partial charge in [0.15, 0.2) is 0 Å². The van der Waals surface area contributed by atoms with Crippen LogP contribution in [0.25, 0.3) is 0 Å². The molecule has 0 fully saturated rings. The summed E-state index contributed by atoms with van der Waals surface area (Å²) in [4.78, 5) is 24.0. The van der Waals surface area contributed by atoms with E-state index in [2.05, 4.69) is 0 Å². The third-order valence-corrected chi connectivity index (χ3v) is 4.46. The van der Waals surface area contributed by atoms with E-state index in [1.807, 2.05) is 67.6 Å². The van der Waals surface area contributed by atoms with E-state index in [0.29, 0.717) is 0 Å². The van der Waals surface area contributed by atoms with E-state index in [0.717, 1.165) is 11.1 Å². The maximum Gasteiger partial charge on any atom is 0.339 e. The van der Waals surface area contributed by atoms with Crippen LogP contribution in [0.2, 0.25) is 0 Å². The van der Waals surface area contributed by atoms with Gasteiger partial charge in [0.2, 0.25) is 0 Å². The lowest BCUT2D eigenvalue weighted by atomic mass is 9.87. The van der Waals surface area contributed by atoms with Gasteiger partial charge >= 0.3 is 11.9 Å². The van der Waals surface area contributed by atoms with Crippen molar-refractivity contribution in [1.29, 1.82) is 0 Å². The minimum atomic E-state index is -1.15. The standard InChI is InChI=1S/C23H20O4/c1-16(27-23(26)20-15-9-8-14-19(20)22(24)25)21(17-10-4-2-5-11-17)18-12-6-3-7-13-18/h2-16,21H,1H3,(H,24,25). The molecule has 0 saturated carbocycles. The second kappa shape index (κ2) is 8.32. The molecule has 0 saturated heterocycles. The molecule has 3 aromatic rings. The summed E-state index contributed by atoms with van der Waals surface area (Å²) in [7, 11) is 0. The zero-order valence-corrected chi connectivity index (χ0v) is 14.9. The van der Waals surface area contributed by atoms with Gasteiger partial charge in [-0.25, -0.2) is 9.59 Å². The molecule has 0 radical (unpaired) electrons. The van der Waals surface area contributed by atoms with E-state index in [4.69, 9.17) is 4.74 Å². The highest BCUT2D eigenvalue weighted by atomic mass is 16.5. The van der Waals surface area contributed by atoms with Crippen molar-refractivity contribution < 1.29 is 19.4 Å². The van der Waals surface area contributed by atoms with Gasteiger partial charge in [-0.05, 0) is 30.2 Å². The van der Waals surface area contributed by atoms with Crippen molar-refractivity contribution in [2.45, 2.75) is 18.9 Å². The maximum atomic E-state index is 12.7. The number of carbonyl (C=O) groups excluding carboxylic acids is 1. The van der Waals surface area contributed by atoms with Crippen molar-refractivity contribution in [3.05, 3.63) is 107 Å². The molecule has 0 aliphatic heterocycles. The van der Waals surface area contributed by atoms with Gasteiger partial charge in [0, 0.05) is 5.92 Å². The summed E-state index contributed by atoms with van der Waals surface area (Å²) in [5.74, 6) is -1.96. The van der Waals surface area contributed by atoms with Crippen molar-refractivity contribution in [1.82, 2.24) is 0 Å². The van der Waals surface area contributed by atoms with Crippen molar-refractivity contribution in [3.63, 3.8) is 0 Å². The van der Waals surface area contributed by atoms with Gasteiger partial charge in [-0.1, -0.05) is 72.8 Å². The molecule has 0 amide bonds. The Kier molecular flexibility index (Phi) is 5.67. The van der Waals surface area contributed by atoms with Gasteiger partial charge in [0.25, 0.3) is 0 Å². The van der Waals surface area contributed by atoms with Crippen LogP contribution in [0.3, 0.4) is 0 Å². The van der Waals surface area contributed by atoms with Gasteiger partial charge < -0.3 is 9.84 Å². The van der Waals surface area contributed by atoms with Crippen LogP contribution in [0, 0.1) is 0 Å². The number of benzene rings is 3. The number of aromatic carboxylic acids is 1. The van der Waals surface area contributed by atoms with Crippen LogP contribution < -0.4 is 0 Å². The SMILES string of the molecule is CC(OC(=O)c1ccccc1C(=O)O)C(c1ccccc1)c1ccccc1. The fourth-order valence-electron chi connectivity index (χ4n) is 3.20. The third-order valence-electron chi connectivity index (χ3n) is 4.46. The normalized spacial score (nSPS) is 11.8. The Balaban J connectivity index is 1.91. The molecule has 0 heterocycles. The topological polar surface area (TPSA) is 63.6 Å². The third kappa shape index (κ3) is 4.23. The predicted octanol–water partition coefficient (Wildman–Crippen LogP) is 4.76. The number of carbonyl (C=O) groups is 2. The molecule has 3 aromatic carbocycles. The van der Waals surface area contributed by atoms with Crippen LogP contribution >= 0.6 is 0 Å². The Labute approximate surface area is 158 Å². The van der Waals surface area contributed by atoms with E-state index in [9.17, 15) is 14.7 Å². The van der Waals surface area contributed by atoms with Crippen LogP contribution in [-0.4, -0.2) is 23.1 Å². The number of carboxylic acids is 1. The molecule has 0 bridgehead atoms. The molecule has 4 nitrogen and oxygen atoms in total. The molecule has 136 valence electrons. The first-order valence-corrected chi connectivity index (χ1v) is 8.71. The Bertz CT molecular complexity index is 880. The molecule has 27 heavy (non-hydrogen) atoms. The molecular formula is C23H20O4. The van der Waals surface area contributed by atoms with Crippen molar-refractivity contribution in [2.24, 2.45) is 0 Å². The van der Waals surface area contributed by atoms with E-state index in [1.54, 1.807) is 12.1 Å². The lowest BCUT2D eigenvalue weighted by Gasteiger charge is -2.25. The Hall–Kier alpha value is -3.40.